The van der Waals surface area contributed by atoms with Gasteiger partial charge in [-0.1, -0.05) is 48.9 Å². The molecule has 0 spiro atoms. The van der Waals surface area contributed by atoms with Crippen molar-refractivity contribution in [3.8, 4) is 0 Å². The van der Waals surface area contributed by atoms with E-state index in [9.17, 15) is 5.11 Å². The lowest BCUT2D eigenvalue weighted by Gasteiger charge is -2.29. The number of benzene rings is 1. The van der Waals surface area contributed by atoms with Gasteiger partial charge in [-0.15, -0.1) is 0 Å². The lowest BCUT2D eigenvalue weighted by Crippen LogP contribution is -2.30. The van der Waals surface area contributed by atoms with Gasteiger partial charge >= 0.3 is 0 Å². The Bertz CT molecular complexity index is 551. The molecule has 3 nitrogen and oxygen atoms in total. The minimum Gasteiger partial charge on any atom is -0.379 e. The molecule has 0 amide bonds. The van der Waals surface area contributed by atoms with Crippen molar-refractivity contribution in [1.82, 2.24) is 9.78 Å². The molecular weight excluding hydrogens is 260 g/mol. The van der Waals surface area contributed by atoms with Crippen LogP contribution in [0.25, 0.3) is 0 Å². The first-order chi connectivity index (χ1) is 9.00. The fraction of sp³-hybridized carbons (Fsp3) is 0.400. The monoisotopic (exact) mass is 278 g/mol. The molecular formula is C15H19ClN2O. The van der Waals surface area contributed by atoms with Crippen molar-refractivity contribution in [2.75, 3.05) is 0 Å². The van der Waals surface area contributed by atoms with E-state index in [1.54, 1.807) is 10.9 Å². The largest absolute Gasteiger partial charge is 0.379 e. The molecule has 19 heavy (non-hydrogen) atoms. The third-order valence-electron chi connectivity index (χ3n) is 3.39. The highest BCUT2D eigenvalue weighted by Gasteiger charge is 2.35. The lowest BCUT2D eigenvalue weighted by atomic mass is 9.87. The molecule has 0 fully saturated rings. The predicted octanol–water partition coefficient (Wildman–Crippen LogP) is 3.76. The third kappa shape index (κ3) is 2.40. The summed E-state index contributed by atoms with van der Waals surface area (Å²) in [5, 5.41) is 15.9. The van der Waals surface area contributed by atoms with E-state index in [4.69, 9.17) is 11.6 Å². The van der Waals surface area contributed by atoms with Crippen molar-refractivity contribution < 1.29 is 5.11 Å². The first-order valence-corrected chi connectivity index (χ1v) is 6.90. The van der Waals surface area contributed by atoms with Gasteiger partial charge in [0.05, 0.1) is 16.9 Å². The van der Waals surface area contributed by atoms with Crippen molar-refractivity contribution >= 4 is 11.6 Å². The minimum atomic E-state index is -1.11. The van der Waals surface area contributed by atoms with E-state index in [-0.39, 0.29) is 6.04 Å². The summed E-state index contributed by atoms with van der Waals surface area (Å²) in [5.41, 5.74) is 0.388. The standard InChI is InChI=1S/C15H19ClN2O/c1-4-15(19,12-8-6-5-7-9-12)14-13(16)10-17-18(14)11(2)3/h5-11,19H,4H2,1-3H3. The van der Waals surface area contributed by atoms with Gasteiger partial charge < -0.3 is 5.11 Å². The van der Waals surface area contributed by atoms with Gasteiger partial charge in [-0.3, -0.25) is 4.68 Å². The van der Waals surface area contributed by atoms with Crippen molar-refractivity contribution in [3.63, 3.8) is 0 Å². The second kappa shape index (κ2) is 5.35. The Hall–Kier alpha value is -1.32. The zero-order chi connectivity index (χ0) is 14.0. The zero-order valence-electron chi connectivity index (χ0n) is 11.5. The molecule has 0 saturated heterocycles. The van der Waals surface area contributed by atoms with Gasteiger partial charge in [0.1, 0.15) is 5.60 Å². The molecule has 0 radical (unpaired) electrons. The molecule has 1 heterocycles. The van der Waals surface area contributed by atoms with Crippen LogP contribution in [0.5, 0.6) is 0 Å². The van der Waals surface area contributed by atoms with Gasteiger partial charge in [0, 0.05) is 6.04 Å². The van der Waals surface area contributed by atoms with E-state index in [2.05, 4.69) is 5.10 Å². The second-order valence-corrected chi connectivity index (χ2v) is 5.37. The molecule has 1 N–H and O–H groups in total. The second-order valence-electron chi connectivity index (χ2n) is 4.96. The van der Waals surface area contributed by atoms with E-state index >= 15 is 0 Å². The summed E-state index contributed by atoms with van der Waals surface area (Å²) in [5.74, 6) is 0. The zero-order valence-corrected chi connectivity index (χ0v) is 12.2. The van der Waals surface area contributed by atoms with Crippen LogP contribution in [0.2, 0.25) is 5.02 Å². The molecule has 102 valence electrons. The van der Waals surface area contributed by atoms with E-state index in [0.717, 1.165) is 5.56 Å². The minimum absolute atomic E-state index is 0.143. The Labute approximate surface area is 118 Å². The number of aliphatic hydroxyl groups is 1. The SMILES string of the molecule is CCC(O)(c1ccccc1)c1c(Cl)cnn1C(C)C. The van der Waals surface area contributed by atoms with Crippen molar-refractivity contribution in [2.24, 2.45) is 0 Å². The quantitative estimate of drug-likeness (QED) is 0.925. The fourth-order valence-electron chi connectivity index (χ4n) is 2.34. The molecule has 0 aliphatic rings. The van der Waals surface area contributed by atoms with E-state index in [1.165, 1.54) is 0 Å². The summed E-state index contributed by atoms with van der Waals surface area (Å²) in [6.07, 6.45) is 2.13. The normalized spacial score (nSPS) is 14.6. The van der Waals surface area contributed by atoms with Crippen LogP contribution in [-0.2, 0) is 5.60 Å². The fourth-order valence-corrected chi connectivity index (χ4v) is 2.63. The van der Waals surface area contributed by atoms with E-state index in [0.29, 0.717) is 17.1 Å². The highest BCUT2D eigenvalue weighted by molar-refractivity contribution is 6.31. The Morgan fingerprint density at radius 3 is 2.47 bits per heavy atom. The van der Waals surface area contributed by atoms with Crippen LogP contribution >= 0.6 is 11.6 Å². The summed E-state index contributed by atoms with van der Waals surface area (Å²) in [4.78, 5) is 0. The first-order valence-electron chi connectivity index (χ1n) is 6.52. The summed E-state index contributed by atoms with van der Waals surface area (Å²) in [7, 11) is 0. The summed E-state index contributed by atoms with van der Waals surface area (Å²) in [6, 6.07) is 9.74. The van der Waals surface area contributed by atoms with Crippen molar-refractivity contribution in [3.05, 3.63) is 52.8 Å². The number of rotatable bonds is 4. The number of halogens is 1. The third-order valence-corrected chi connectivity index (χ3v) is 3.67. The molecule has 0 aliphatic heterocycles. The lowest BCUT2D eigenvalue weighted by molar-refractivity contribution is 0.0653. The number of aromatic nitrogens is 2. The van der Waals surface area contributed by atoms with Gasteiger partial charge in [0.2, 0.25) is 0 Å². The van der Waals surface area contributed by atoms with Gasteiger partial charge in [-0.2, -0.15) is 5.10 Å². The van der Waals surface area contributed by atoms with Gasteiger partial charge in [0.15, 0.2) is 0 Å². The maximum absolute atomic E-state index is 11.1. The van der Waals surface area contributed by atoms with Crippen LogP contribution in [-0.4, -0.2) is 14.9 Å². The highest BCUT2D eigenvalue weighted by Crippen LogP contribution is 2.37. The smallest absolute Gasteiger partial charge is 0.132 e. The molecule has 2 aromatic rings. The molecule has 1 aromatic heterocycles. The maximum atomic E-state index is 11.1. The molecule has 4 heteroatoms. The molecule has 0 aliphatic carbocycles. The van der Waals surface area contributed by atoms with Crippen LogP contribution in [0.1, 0.15) is 44.5 Å². The van der Waals surface area contributed by atoms with Crippen LogP contribution in [0.4, 0.5) is 0 Å². The predicted molar refractivity (Wildman–Crippen MR) is 77.4 cm³/mol. The Morgan fingerprint density at radius 2 is 1.95 bits per heavy atom. The van der Waals surface area contributed by atoms with Crippen molar-refractivity contribution in [1.29, 1.82) is 0 Å². The van der Waals surface area contributed by atoms with Crippen LogP contribution < -0.4 is 0 Å². The molecule has 1 unspecified atom stereocenters. The average Bonchev–Trinajstić information content (AvgIpc) is 2.81. The molecule has 0 bridgehead atoms. The van der Waals surface area contributed by atoms with E-state index < -0.39 is 5.60 Å². The van der Waals surface area contributed by atoms with Gasteiger partial charge in [-0.05, 0) is 25.8 Å². The molecule has 1 atom stereocenters. The number of hydrogen-bond acceptors (Lipinski definition) is 2. The van der Waals surface area contributed by atoms with Crippen LogP contribution in [0, 0.1) is 0 Å². The maximum Gasteiger partial charge on any atom is 0.132 e. The summed E-state index contributed by atoms with van der Waals surface area (Å²) < 4.78 is 1.79. The summed E-state index contributed by atoms with van der Waals surface area (Å²) in [6.45, 7) is 5.99. The molecule has 1 aromatic carbocycles. The van der Waals surface area contributed by atoms with Crippen molar-refractivity contribution in [2.45, 2.75) is 38.8 Å². The number of nitrogens with zero attached hydrogens (tertiary/aromatic N) is 2. The van der Waals surface area contributed by atoms with Crippen LogP contribution in [0.3, 0.4) is 0 Å². The highest BCUT2D eigenvalue weighted by atomic mass is 35.5. The Morgan fingerprint density at radius 1 is 1.32 bits per heavy atom. The Kier molecular flexibility index (Phi) is 3.97. The van der Waals surface area contributed by atoms with Gasteiger partial charge in [-0.25, -0.2) is 0 Å². The number of hydrogen-bond donors (Lipinski definition) is 1. The first kappa shape index (κ1) is 14.1. The Balaban J connectivity index is 2.63. The summed E-state index contributed by atoms with van der Waals surface area (Å²) >= 11 is 6.26. The van der Waals surface area contributed by atoms with Gasteiger partial charge in [0.25, 0.3) is 0 Å². The average molecular weight is 279 g/mol. The topological polar surface area (TPSA) is 38.1 Å². The molecule has 2 rings (SSSR count). The van der Waals surface area contributed by atoms with Crippen LogP contribution in [0.15, 0.2) is 36.5 Å². The van der Waals surface area contributed by atoms with E-state index in [1.807, 2.05) is 51.1 Å². The molecule has 0 saturated carbocycles.